The van der Waals surface area contributed by atoms with Gasteiger partial charge in [0.05, 0.1) is 23.8 Å². The number of nitrogens with one attached hydrogen (secondary N) is 2. The Hall–Kier alpha value is -1.76. The molecule has 2 amide bonds. The van der Waals surface area contributed by atoms with Crippen molar-refractivity contribution < 1.29 is 23.1 Å². The van der Waals surface area contributed by atoms with Gasteiger partial charge in [0, 0.05) is 0 Å². The smallest absolute Gasteiger partial charge is 0.394 e. The lowest BCUT2D eigenvalue weighted by Gasteiger charge is -2.29. The van der Waals surface area contributed by atoms with Gasteiger partial charge < -0.3 is 15.7 Å². The van der Waals surface area contributed by atoms with Gasteiger partial charge in [-0.1, -0.05) is 25.0 Å². The van der Waals surface area contributed by atoms with Crippen LogP contribution < -0.4 is 10.6 Å². The van der Waals surface area contributed by atoms with E-state index in [1.807, 2.05) is 0 Å². The molecule has 1 unspecified atom stereocenters. The van der Waals surface area contributed by atoms with Crippen molar-refractivity contribution in [3.63, 3.8) is 0 Å². The molecule has 1 aromatic rings. The molecule has 1 atom stereocenters. The molecule has 1 aromatic carbocycles. The minimum atomic E-state index is -4.41. The fourth-order valence-corrected chi connectivity index (χ4v) is 2.92. The summed E-state index contributed by atoms with van der Waals surface area (Å²) in [6.45, 7) is 1.48. The molecule has 0 aromatic heterocycles. The van der Waals surface area contributed by atoms with Crippen molar-refractivity contribution in [3.8, 4) is 0 Å². The van der Waals surface area contributed by atoms with Gasteiger partial charge in [0.1, 0.15) is 0 Å². The van der Waals surface area contributed by atoms with Crippen LogP contribution in [0.1, 0.15) is 49.8 Å². The second-order valence-electron chi connectivity index (χ2n) is 6.09. The number of aliphatic hydroxyl groups is 1. The fourth-order valence-electron chi connectivity index (χ4n) is 2.92. The molecule has 7 heteroatoms. The minimum Gasteiger partial charge on any atom is -0.394 e. The van der Waals surface area contributed by atoms with Crippen LogP contribution in [0.15, 0.2) is 24.3 Å². The van der Waals surface area contributed by atoms with Crippen LogP contribution in [0.3, 0.4) is 0 Å². The quantitative estimate of drug-likeness (QED) is 0.793. The molecule has 0 spiro atoms. The Labute approximate surface area is 133 Å². The van der Waals surface area contributed by atoms with E-state index in [1.165, 1.54) is 12.1 Å². The van der Waals surface area contributed by atoms with E-state index < -0.39 is 29.4 Å². The highest BCUT2D eigenvalue weighted by Crippen LogP contribution is 2.31. The standard InChI is InChI=1S/C16H21F3N2O2/c1-11(12-5-4-6-13(9-12)16(17,18)19)20-14(23)21-15(10-22)7-2-3-8-15/h4-6,9,11,22H,2-3,7-8,10H2,1H3,(H2,20,21,23). The molecule has 0 aliphatic heterocycles. The van der Waals surface area contributed by atoms with Crippen molar-refractivity contribution in [3.05, 3.63) is 35.4 Å². The minimum absolute atomic E-state index is 0.141. The van der Waals surface area contributed by atoms with Crippen LogP contribution in [0, 0.1) is 0 Å². The molecule has 1 aliphatic rings. The van der Waals surface area contributed by atoms with Gasteiger partial charge in [0.15, 0.2) is 0 Å². The Morgan fingerprint density at radius 3 is 2.57 bits per heavy atom. The van der Waals surface area contributed by atoms with Crippen LogP contribution in [0.25, 0.3) is 0 Å². The summed E-state index contributed by atoms with van der Waals surface area (Å²) >= 11 is 0. The largest absolute Gasteiger partial charge is 0.416 e. The number of rotatable bonds is 4. The van der Waals surface area contributed by atoms with Crippen LogP contribution >= 0.6 is 0 Å². The van der Waals surface area contributed by atoms with E-state index in [4.69, 9.17) is 0 Å². The summed E-state index contributed by atoms with van der Waals surface area (Å²) in [5.41, 5.74) is -0.983. The normalized spacial score (nSPS) is 18.5. The Bertz CT molecular complexity index is 555. The Kier molecular flexibility index (Phi) is 5.19. The van der Waals surface area contributed by atoms with E-state index in [0.717, 1.165) is 25.0 Å². The Morgan fingerprint density at radius 1 is 1.35 bits per heavy atom. The number of hydrogen-bond donors (Lipinski definition) is 3. The van der Waals surface area contributed by atoms with Gasteiger partial charge in [0.2, 0.25) is 0 Å². The summed E-state index contributed by atoms with van der Waals surface area (Å²) in [5, 5.41) is 14.9. The molecule has 128 valence electrons. The van der Waals surface area contributed by atoms with Crippen LogP contribution in [0.5, 0.6) is 0 Å². The Morgan fingerprint density at radius 2 is 2.00 bits per heavy atom. The van der Waals surface area contributed by atoms with E-state index in [-0.39, 0.29) is 6.61 Å². The van der Waals surface area contributed by atoms with Crippen molar-refractivity contribution in [1.82, 2.24) is 10.6 Å². The van der Waals surface area contributed by atoms with E-state index in [1.54, 1.807) is 6.92 Å². The predicted molar refractivity (Wildman–Crippen MR) is 79.8 cm³/mol. The van der Waals surface area contributed by atoms with Gasteiger partial charge in [-0.05, 0) is 37.5 Å². The fraction of sp³-hybridized carbons (Fsp3) is 0.562. The molecular formula is C16H21F3N2O2. The molecule has 0 radical (unpaired) electrons. The SMILES string of the molecule is CC(NC(=O)NC1(CO)CCCC1)c1cccc(C(F)(F)F)c1. The molecule has 1 fully saturated rings. The number of amides is 2. The van der Waals surface area contributed by atoms with Gasteiger partial charge >= 0.3 is 12.2 Å². The molecule has 1 saturated carbocycles. The average molecular weight is 330 g/mol. The van der Waals surface area contributed by atoms with Crippen molar-refractivity contribution in [2.45, 2.75) is 50.4 Å². The summed E-state index contributed by atoms with van der Waals surface area (Å²) in [4.78, 5) is 12.1. The average Bonchev–Trinajstić information content (AvgIpc) is 2.95. The van der Waals surface area contributed by atoms with Crippen molar-refractivity contribution >= 4 is 6.03 Å². The Balaban J connectivity index is 2.01. The highest BCUT2D eigenvalue weighted by atomic mass is 19.4. The van der Waals surface area contributed by atoms with E-state index in [0.29, 0.717) is 18.4 Å². The van der Waals surface area contributed by atoms with E-state index >= 15 is 0 Å². The third-order valence-electron chi connectivity index (χ3n) is 4.30. The summed E-state index contributed by atoms with van der Waals surface area (Å²) in [6, 6.07) is 3.83. The predicted octanol–water partition coefficient (Wildman–Crippen LogP) is 3.37. The molecular weight excluding hydrogens is 309 g/mol. The lowest BCUT2D eigenvalue weighted by molar-refractivity contribution is -0.137. The highest BCUT2D eigenvalue weighted by molar-refractivity contribution is 5.75. The van der Waals surface area contributed by atoms with Gasteiger partial charge in [-0.3, -0.25) is 0 Å². The highest BCUT2D eigenvalue weighted by Gasteiger charge is 2.35. The number of halogens is 3. The summed E-state index contributed by atoms with van der Waals surface area (Å²) in [5.74, 6) is 0. The zero-order valence-corrected chi connectivity index (χ0v) is 12.9. The second-order valence-corrected chi connectivity index (χ2v) is 6.09. The van der Waals surface area contributed by atoms with Gasteiger partial charge in [-0.25, -0.2) is 4.79 Å². The third-order valence-corrected chi connectivity index (χ3v) is 4.30. The molecule has 0 bridgehead atoms. The number of alkyl halides is 3. The molecule has 4 nitrogen and oxygen atoms in total. The zero-order valence-electron chi connectivity index (χ0n) is 12.9. The summed E-state index contributed by atoms with van der Waals surface area (Å²) in [6.07, 6.45) is -1.14. The first-order chi connectivity index (χ1) is 10.8. The maximum Gasteiger partial charge on any atom is 0.416 e. The maximum atomic E-state index is 12.7. The monoisotopic (exact) mass is 330 g/mol. The molecule has 0 heterocycles. The summed E-state index contributed by atoms with van der Waals surface area (Å²) in [7, 11) is 0. The van der Waals surface area contributed by atoms with Crippen LogP contribution in [0.4, 0.5) is 18.0 Å². The maximum absolute atomic E-state index is 12.7. The first-order valence-electron chi connectivity index (χ1n) is 7.62. The number of aliphatic hydroxyl groups excluding tert-OH is 1. The van der Waals surface area contributed by atoms with E-state index in [2.05, 4.69) is 10.6 Å². The van der Waals surface area contributed by atoms with Crippen molar-refractivity contribution in [1.29, 1.82) is 0 Å². The molecule has 3 N–H and O–H groups in total. The van der Waals surface area contributed by atoms with Gasteiger partial charge in [0.25, 0.3) is 0 Å². The molecule has 1 aliphatic carbocycles. The van der Waals surface area contributed by atoms with Gasteiger partial charge in [-0.15, -0.1) is 0 Å². The number of benzene rings is 1. The second kappa shape index (κ2) is 6.78. The number of hydrogen-bond acceptors (Lipinski definition) is 2. The number of urea groups is 1. The molecule has 0 saturated heterocycles. The first kappa shape index (κ1) is 17.6. The topological polar surface area (TPSA) is 61.4 Å². The van der Waals surface area contributed by atoms with Crippen molar-refractivity contribution in [2.24, 2.45) is 0 Å². The summed E-state index contributed by atoms with van der Waals surface area (Å²) < 4.78 is 38.2. The number of carbonyl (C=O) groups excluding carboxylic acids is 1. The van der Waals surface area contributed by atoms with E-state index in [9.17, 15) is 23.1 Å². The van der Waals surface area contributed by atoms with Crippen molar-refractivity contribution in [2.75, 3.05) is 6.61 Å². The third kappa shape index (κ3) is 4.37. The zero-order chi connectivity index (χ0) is 17.1. The number of carbonyl (C=O) groups is 1. The van der Waals surface area contributed by atoms with Gasteiger partial charge in [-0.2, -0.15) is 13.2 Å². The lowest BCUT2D eigenvalue weighted by Crippen LogP contribution is -2.53. The first-order valence-corrected chi connectivity index (χ1v) is 7.62. The van der Waals surface area contributed by atoms with Crippen LogP contribution in [-0.2, 0) is 6.18 Å². The molecule has 2 rings (SSSR count). The van der Waals surface area contributed by atoms with Crippen LogP contribution in [0.2, 0.25) is 0 Å². The molecule has 23 heavy (non-hydrogen) atoms. The van der Waals surface area contributed by atoms with Crippen LogP contribution in [-0.4, -0.2) is 23.3 Å². The lowest BCUT2D eigenvalue weighted by atomic mass is 9.99.